The molecule has 1 aromatic carbocycles. The molecule has 1 saturated heterocycles. The van der Waals surface area contributed by atoms with Crippen LogP contribution in [0.15, 0.2) is 24.3 Å². The first-order chi connectivity index (χ1) is 7.47. The summed E-state index contributed by atoms with van der Waals surface area (Å²) < 4.78 is 37.1. The van der Waals surface area contributed by atoms with E-state index in [1.807, 2.05) is 4.90 Å². The molecule has 1 aliphatic heterocycles. The molecule has 17 heavy (non-hydrogen) atoms. The normalized spacial score (nSPS) is 20.2. The minimum Gasteiger partial charge on any atom is -0.445 e. The monoisotopic (exact) mass is 269 g/mol. The zero-order valence-corrected chi connectivity index (χ0v) is 12.7. The van der Waals surface area contributed by atoms with E-state index in [2.05, 4.69) is 0 Å². The number of anilines is 1. The van der Waals surface area contributed by atoms with Gasteiger partial charge in [0.25, 0.3) is 0 Å². The van der Waals surface area contributed by atoms with Gasteiger partial charge in [0.2, 0.25) is 0 Å². The molecule has 0 saturated carbocycles. The third kappa shape index (κ3) is 3.97. The van der Waals surface area contributed by atoms with Crippen LogP contribution in [0.1, 0.15) is 6.42 Å². The van der Waals surface area contributed by atoms with E-state index in [0.29, 0.717) is 19.5 Å². The van der Waals surface area contributed by atoms with Gasteiger partial charge in [-0.1, -0.05) is 12.1 Å². The maximum absolute atomic E-state index is 12.4. The Morgan fingerprint density at radius 3 is 2.18 bits per heavy atom. The van der Waals surface area contributed by atoms with Crippen molar-refractivity contribution >= 4 is 18.1 Å². The molecule has 0 bridgehead atoms. The number of halogens is 3. The average molecular weight is 269 g/mol. The topological polar surface area (TPSA) is 23.5 Å². The quantitative estimate of drug-likeness (QED) is 0.648. The second-order valence-corrected chi connectivity index (χ2v) is 4.05. The molecule has 0 aromatic heterocycles. The predicted octanol–water partition coefficient (Wildman–Crippen LogP) is -1.68. The van der Waals surface area contributed by atoms with Crippen molar-refractivity contribution in [2.45, 2.75) is 12.5 Å². The zero-order valence-electron chi connectivity index (χ0n) is 9.61. The van der Waals surface area contributed by atoms with E-state index in [1.54, 1.807) is 0 Å². The van der Waals surface area contributed by atoms with Gasteiger partial charge in [0, 0.05) is 18.8 Å². The van der Waals surface area contributed by atoms with E-state index in [4.69, 9.17) is 0 Å². The molecule has 0 radical (unpaired) electrons. The van der Waals surface area contributed by atoms with Crippen LogP contribution in [-0.2, 0) is 0 Å². The van der Waals surface area contributed by atoms with Gasteiger partial charge >= 0.3 is 58.4 Å². The van der Waals surface area contributed by atoms with Crippen LogP contribution in [-0.4, -0.2) is 31.3 Å². The van der Waals surface area contributed by atoms with Crippen molar-refractivity contribution in [2.24, 2.45) is 0 Å². The second kappa shape index (κ2) is 6.08. The summed E-state index contributed by atoms with van der Waals surface area (Å²) in [6, 6.07) is 5.12. The molecular weight excluding hydrogens is 257 g/mol. The summed E-state index contributed by atoms with van der Waals surface area (Å²) in [5, 5.41) is 9.33. The van der Waals surface area contributed by atoms with Gasteiger partial charge in [-0.2, -0.15) is 0 Å². The summed E-state index contributed by atoms with van der Waals surface area (Å²) in [6.45, 7) is -3.72. The molecule has 1 aliphatic rings. The Labute approximate surface area is 141 Å². The third-order valence-electron chi connectivity index (χ3n) is 2.80. The van der Waals surface area contributed by atoms with E-state index < -0.39 is 12.4 Å². The zero-order chi connectivity index (χ0) is 11.8. The van der Waals surface area contributed by atoms with Gasteiger partial charge in [-0.3, -0.25) is 0 Å². The first-order valence-corrected chi connectivity index (χ1v) is 5.20. The number of aliphatic hydroxyl groups is 1. The number of aliphatic hydroxyl groups excluding tert-OH is 1. The molecule has 2 nitrogen and oxygen atoms in total. The molecule has 1 heterocycles. The Morgan fingerprint density at radius 1 is 1.18 bits per heavy atom. The first kappa shape index (κ1) is 15.5. The van der Waals surface area contributed by atoms with E-state index in [0.717, 1.165) is 17.8 Å². The maximum Gasteiger partial charge on any atom is 1.00 e. The fourth-order valence-electron chi connectivity index (χ4n) is 1.88. The molecule has 1 unspecified atom stereocenters. The summed E-state index contributed by atoms with van der Waals surface area (Å²) in [4.78, 5) is 1.89. The summed E-state index contributed by atoms with van der Waals surface area (Å²) in [5.41, 5.74) is 0.156. The van der Waals surface area contributed by atoms with Crippen molar-refractivity contribution in [3.63, 3.8) is 0 Å². The first-order valence-electron chi connectivity index (χ1n) is 5.20. The minimum atomic E-state index is -4.91. The Kier molecular flexibility index (Phi) is 5.55. The standard InChI is InChI=1S/C10H12BF3NO.K/c12-11(13,14)8-1-3-9(4-2-8)15-6-5-10(16)7-15;/h1-4,10,16H,5-7H2;/q-1;+1. The van der Waals surface area contributed by atoms with Crippen LogP contribution in [0, 0.1) is 0 Å². The summed E-state index contributed by atoms with van der Waals surface area (Å²) in [6.07, 6.45) is 0.303. The van der Waals surface area contributed by atoms with Crippen LogP contribution >= 0.6 is 0 Å². The molecule has 1 atom stereocenters. The molecule has 1 fully saturated rings. The number of β-amino-alcohol motifs (C(OH)–C–C–N with tert-alkyl or cyclic N) is 1. The Hall–Kier alpha value is 0.471. The van der Waals surface area contributed by atoms with Crippen LogP contribution in [0.4, 0.5) is 18.6 Å². The second-order valence-electron chi connectivity index (χ2n) is 4.05. The Morgan fingerprint density at radius 2 is 1.76 bits per heavy atom. The van der Waals surface area contributed by atoms with Gasteiger partial charge in [-0.05, 0) is 18.6 Å². The summed E-state index contributed by atoms with van der Waals surface area (Å²) >= 11 is 0. The van der Waals surface area contributed by atoms with Crippen LogP contribution in [0.5, 0.6) is 0 Å². The predicted molar refractivity (Wildman–Crippen MR) is 58.0 cm³/mol. The van der Waals surface area contributed by atoms with E-state index >= 15 is 0 Å². The SMILES string of the molecule is OC1CCN(c2ccc([B-](F)(F)F)cc2)C1.[K+]. The fraction of sp³-hybridized carbons (Fsp3) is 0.400. The number of rotatable bonds is 2. The van der Waals surface area contributed by atoms with Crippen molar-refractivity contribution in [1.82, 2.24) is 0 Å². The molecule has 1 aromatic rings. The number of hydrogen-bond acceptors (Lipinski definition) is 2. The van der Waals surface area contributed by atoms with E-state index in [-0.39, 0.29) is 57.5 Å². The van der Waals surface area contributed by atoms with Gasteiger partial charge in [-0.25, -0.2) is 0 Å². The molecule has 0 amide bonds. The van der Waals surface area contributed by atoms with Crippen molar-refractivity contribution in [2.75, 3.05) is 18.0 Å². The van der Waals surface area contributed by atoms with Crippen LogP contribution in [0.25, 0.3) is 0 Å². The van der Waals surface area contributed by atoms with Crippen LogP contribution in [0.3, 0.4) is 0 Å². The number of hydrogen-bond donors (Lipinski definition) is 1. The third-order valence-corrected chi connectivity index (χ3v) is 2.80. The van der Waals surface area contributed by atoms with Gasteiger partial charge in [0.05, 0.1) is 6.10 Å². The summed E-state index contributed by atoms with van der Waals surface area (Å²) in [5.74, 6) is 0. The van der Waals surface area contributed by atoms with Gasteiger partial charge in [0.15, 0.2) is 0 Å². The maximum atomic E-state index is 12.4. The molecular formula is C10H12BF3KNO. The van der Waals surface area contributed by atoms with Crippen LogP contribution < -0.4 is 61.7 Å². The molecule has 88 valence electrons. The molecule has 2 rings (SSSR count). The van der Waals surface area contributed by atoms with Crippen molar-refractivity contribution in [3.8, 4) is 0 Å². The molecule has 0 aliphatic carbocycles. The van der Waals surface area contributed by atoms with Crippen molar-refractivity contribution in [3.05, 3.63) is 24.3 Å². The van der Waals surface area contributed by atoms with Crippen molar-refractivity contribution in [1.29, 1.82) is 0 Å². The fourth-order valence-corrected chi connectivity index (χ4v) is 1.88. The number of benzene rings is 1. The van der Waals surface area contributed by atoms with E-state index in [1.165, 1.54) is 12.1 Å². The molecule has 1 N–H and O–H groups in total. The molecule has 0 spiro atoms. The Bertz CT molecular complexity index is 371. The summed E-state index contributed by atoms with van der Waals surface area (Å²) in [7, 11) is 0. The largest absolute Gasteiger partial charge is 1.00 e. The average Bonchev–Trinajstić information content (AvgIpc) is 2.64. The van der Waals surface area contributed by atoms with Gasteiger partial charge in [-0.15, -0.1) is 5.46 Å². The Balaban J connectivity index is 0.00000144. The van der Waals surface area contributed by atoms with Crippen LogP contribution in [0.2, 0.25) is 0 Å². The van der Waals surface area contributed by atoms with Gasteiger partial charge in [0.1, 0.15) is 0 Å². The van der Waals surface area contributed by atoms with Gasteiger partial charge < -0.3 is 23.0 Å². The smallest absolute Gasteiger partial charge is 0.445 e. The van der Waals surface area contributed by atoms with Crippen molar-refractivity contribution < 1.29 is 69.4 Å². The molecule has 7 heteroatoms. The van der Waals surface area contributed by atoms with E-state index in [9.17, 15) is 18.1 Å². The minimum absolute atomic E-state index is 0. The number of nitrogens with zero attached hydrogens (tertiary/aromatic N) is 1.